The highest BCUT2D eigenvalue weighted by atomic mass is 35.5. The quantitative estimate of drug-likeness (QED) is 0.305. The molecule has 8 heteroatoms. The maximum Gasteiger partial charge on any atom is 0.416 e. The van der Waals surface area contributed by atoms with Crippen LogP contribution in [-0.4, -0.2) is 15.6 Å². The van der Waals surface area contributed by atoms with Crippen molar-refractivity contribution in [3.63, 3.8) is 0 Å². The summed E-state index contributed by atoms with van der Waals surface area (Å²) in [4.78, 5) is 11.8. The van der Waals surface area contributed by atoms with Crippen LogP contribution >= 0.6 is 23.2 Å². The van der Waals surface area contributed by atoms with E-state index in [0.717, 1.165) is 72.2 Å². The molecule has 1 unspecified atom stereocenters. The van der Waals surface area contributed by atoms with Gasteiger partial charge in [0.25, 0.3) is 0 Å². The zero-order valence-corrected chi connectivity index (χ0v) is 21.4. The van der Waals surface area contributed by atoms with Gasteiger partial charge in [0.1, 0.15) is 0 Å². The molecule has 1 aliphatic rings. The zero-order chi connectivity index (χ0) is 26.0. The van der Waals surface area contributed by atoms with E-state index in [1.807, 2.05) is 19.2 Å². The Hall–Kier alpha value is -2.44. The molecule has 0 radical (unpaired) electrons. The highest BCUT2D eigenvalue weighted by Crippen LogP contribution is 2.44. The molecule has 3 nitrogen and oxygen atoms in total. The molecular weight excluding hydrogens is 510 g/mol. The van der Waals surface area contributed by atoms with Crippen molar-refractivity contribution in [2.24, 2.45) is 0 Å². The minimum atomic E-state index is -4.41. The molecular formula is C28H28Cl2F3NO2. The van der Waals surface area contributed by atoms with Gasteiger partial charge < -0.3 is 9.67 Å². The predicted molar refractivity (Wildman–Crippen MR) is 137 cm³/mol. The summed E-state index contributed by atoms with van der Waals surface area (Å²) in [5.41, 5.74) is 3.83. The lowest BCUT2D eigenvalue weighted by atomic mass is 9.92. The summed E-state index contributed by atoms with van der Waals surface area (Å²) in [6, 6.07) is 10.4. The van der Waals surface area contributed by atoms with E-state index in [2.05, 4.69) is 4.57 Å². The van der Waals surface area contributed by atoms with Crippen molar-refractivity contribution < 1.29 is 23.1 Å². The molecule has 2 atom stereocenters. The third-order valence-electron chi connectivity index (χ3n) is 6.96. The molecule has 1 N–H and O–H groups in total. The lowest BCUT2D eigenvalue weighted by molar-refractivity contribution is -0.138. The molecule has 36 heavy (non-hydrogen) atoms. The second-order valence-corrected chi connectivity index (χ2v) is 10.2. The SMILES string of the molecule is CCC[C@H](c1ccc(C(F)(F)F)cc1)n1cc(-c2ccc(Cl)cc2Cl)c2c1C(CC(=O)O)CCCC2. The number of hydrogen-bond donors (Lipinski definition) is 1. The van der Waals surface area contributed by atoms with Crippen molar-refractivity contribution in [1.82, 2.24) is 4.57 Å². The molecule has 4 rings (SSSR count). The Kier molecular flexibility index (Phi) is 8.06. The van der Waals surface area contributed by atoms with Gasteiger partial charge in [-0.1, -0.05) is 61.2 Å². The lowest BCUT2D eigenvalue weighted by Gasteiger charge is -2.26. The number of rotatable bonds is 7. The molecule has 2 aromatic carbocycles. The summed E-state index contributed by atoms with van der Waals surface area (Å²) < 4.78 is 41.7. The van der Waals surface area contributed by atoms with Gasteiger partial charge in [-0.3, -0.25) is 4.79 Å². The minimum Gasteiger partial charge on any atom is -0.481 e. The Morgan fingerprint density at radius 3 is 2.44 bits per heavy atom. The second kappa shape index (κ2) is 10.9. The number of alkyl halides is 3. The highest BCUT2D eigenvalue weighted by Gasteiger charge is 2.33. The van der Waals surface area contributed by atoms with Crippen LogP contribution in [0.3, 0.4) is 0 Å². The maximum absolute atomic E-state index is 13.2. The number of benzene rings is 2. The number of carboxylic acids is 1. The van der Waals surface area contributed by atoms with Gasteiger partial charge in [0.15, 0.2) is 0 Å². The van der Waals surface area contributed by atoms with Crippen molar-refractivity contribution in [2.45, 2.75) is 70.0 Å². The van der Waals surface area contributed by atoms with E-state index in [0.29, 0.717) is 16.5 Å². The van der Waals surface area contributed by atoms with Crippen LogP contribution < -0.4 is 0 Å². The second-order valence-electron chi connectivity index (χ2n) is 9.40. The van der Waals surface area contributed by atoms with Crippen LogP contribution in [0.1, 0.15) is 79.8 Å². The fourth-order valence-electron chi connectivity index (χ4n) is 5.37. The summed E-state index contributed by atoms with van der Waals surface area (Å²) in [6.07, 6.45) is 2.44. The normalized spacial score (nSPS) is 16.9. The first-order chi connectivity index (χ1) is 17.1. The lowest BCUT2D eigenvalue weighted by Crippen LogP contribution is -2.17. The standard InChI is InChI=1S/C28H28Cl2F3NO2/c1-2-5-25(17-8-10-19(11-9-17)28(31,32)33)34-16-23(21-13-12-20(29)15-24(21)30)22-7-4-3-6-18(27(22)34)14-26(35)36/h8-13,15-16,18,25H,2-7,14H2,1H3,(H,35,36)/t18?,25-/m1/s1. The summed E-state index contributed by atoms with van der Waals surface area (Å²) >= 11 is 12.7. The van der Waals surface area contributed by atoms with Crippen LogP contribution in [0.15, 0.2) is 48.7 Å². The molecule has 0 bridgehead atoms. The molecule has 192 valence electrons. The number of carboxylic acid groups (broad SMARTS) is 1. The Labute approximate surface area is 218 Å². The third-order valence-corrected chi connectivity index (χ3v) is 7.51. The highest BCUT2D eigenvalue weighted by molar-refractivity contribution is 6.36. The molecule has 0 amide bonds. The monoisotopic (exact) mass is 537 g/mol. The first kappa shape index (κ1) is 26.6. The van der Waals surface area contributed by atoms with Crippen molar-refractivity contribution in [3.05, 3.63) is 81.1 Å². The summed E-state index contributed by atoms with van der Waals surface area (Å²) in [5, 5.41) is 10.7. The molecule has 0 spiro atoms. The van der Waals surface area contributed by atoms with E-state index < -0.39 is 17.7 Å². The van der Waals surface area contributed by atoms with Gasteiger partial charge in [0.05, 0.1) is 18.0 Å². The summed E-state index contributed by atoms with van der Waals surface area (Å²) in [6.45, 7) is 2.03. The molecule has 3 aromatic rings. The summed E-state index contributed by atoms with van der Waals surface area (Å²) in [7, 11) is 0. The number of aliphatic carboxylic acids is 1. The van der Waals surface area contributed by atoms with E-state index in [9.17, 15) is 23.1 Å². The number of hydrogen-bond acceptors (Lipinski definition) is 1. The van der Waals surface area contributed by atoms with E-state index in [-0.39, 0.29) is 18.4 Å². The molecule has 1 heterocycles. The largest absolute Gasteiger partial charge is 0.481 e. The first-order valence-electron chi connectivity index (χ1n) is 12.2. The van der Waals surface area contributed by atoms with Crippen LogP contribution in [0.25, 0.3) is 11.1 Å². The number of fused-ring (bicyclic) bond motifs is 1. The van der Waals surface area contributed by atoms with Crippen LogP contribution in [0.4, 0.5) is 13.2 Å². The summed E-state index contributed by atoms with van der Waals surface area (Å²) in [5.74, 6) is -1.07. The molecule has 0 aliphatic heterocycles. The van der Waals surface area contributed by atoms with Gasteiger partial charge in [-0.05, 0) is 61.1 Å². The molecule has 1 aromatic heterocycles. The van der Waals surface area contributed by atoms with Crippen LogP contribution in [0.2, 0.25) is 10.0 Å². The average Bonchev–Trinajstić information content (AvgIpc) is 3.05. The van der Waals surface area contributed by atoms with E-state index in [1.54, 1.807) is 12.1 Å². The Bertz CT molecular complexity index is 1230. The van der Waals surface area contributed by atoms with Gasteiger partial charge in [0, 0.05) is 39.0 Å². The zero-order valence-electron chi connectivity index (χ0n) is 19.9. The van der Waals surface area contributed by atoms with Gasteiger partial charge in [-0.2, -0.15) is 13.2 Å². The van der Waals surface area contributed by atoms with Crippen LogP contribution in [-0.2, 0) is 17.4 Å². The number of nitrogens with zero attached hydrogens (tertiary/aromatic N) is 1. The van der Waals surface area contributed by atoms with Crippen molar-refractivity contribution in [3.8, 4) is 11.1 Å². The average molecular weight is 538 g/mol. The van der Waals surface area contributed by atoms with Gasteiger partial charge in [-0.15, -0.1) is 0 Å². The molecule has 0 fully saturated rings. The van der Waals surface area contributed by atoms with Gasteiger partial charge in [-0.25, -0.2) is 0 Å². The third kappa shape index (κ3) is 5.60. The minimum absolute atomic E-state index is 0.00331. The molecule has 0 saturated heterocycles. The van der Waals surface area contributed by atoms with E-state index in [1.165, 1.54) is 12.1 Å². The molecule has 1 aliphatic carbocycles. The predicted octanol–water partition coefficient (Wildman–Crippen LogP) is 9.15. The van der Waals surface area contributed by atoms with Crippen molar-refractivity contribution >= 4 is 29.2 Å². The Balaban J connectivity index is 1.92. The van der Waals surface area contributed by atoms with Gasteiger partial charge in [0.2, 0.25) is 0 Å². The fraction of sp³-hybridized carbons (Fsp3) is 0.393. The molecule has 0 saturated carbocycles. The maximum atomic E-state index is 13.2. The van der Waals surface area contributed by atoms with Crippen molar-refractivity contribution in [2.75, 3.05) is 0 Å². The van der Waals surface area contributed by atoms with Crippen LogP contribution in [0.5, 0.6) is 0 Å². The smallest absolute Gasteiger partial charge is 0.416 e. The number of halogens is 5. The van der Waals surface area contributed by atoms with Crippen molar-refractivity contribution in [1.29, 1.82) is 0 Å². The van der Waals surface area contributed by atoms with Gasteiger partial charge >= 0.3 is 12.1 Å². The number of aromatic nitrogens is 1. The van der Waals surface area contributed by atoms with E-state index in [4.69, 9.17) is 23.2 Å². The van der Waals surface area contributed by atoms with Crippen LogP contribution in [0, 0.1) is 0 Å². The van der Waals surface area contributed by atoms with E-state index >= 15 is 0 Å². The Morgan fingerprint density at radius 1 is 1.11 bits per heavy atom. The first-order valence-corrected chi connectivity index (χ1v) is 12.9. The fourth-order valence-corrected chi connectivity index (χ4v) is 5.88. The number of carbonyl (C=O) groups is 1. The Morgan fingerprint density at radius 2 is 1.83 bits per heavy atom. The topological polar surface area (TPSA) is 42.2 Å².